The van der Waals surface area contributed by atoms with Gasteiger partial charge in [0.2, 0.25) is 5.95 Å². The van der Waals surface area contributed by atoms with Crippen molar-refractivity contribution in [1.82, 2.24) is 20.2 Å². The summed E-state index contributed by atoms with van der Waals surface area (Å²) >= 11 is 1.70. The van der Waals surface area contributed by atoms with Crippen LogP contribution in [-0.4, -0.2) is 59.5 Å². The Labute approximate surface area is 214 Å². The van der Waals surface area contributed by atoms with E-state index in [-0.39, 0.29) is 11.9 Å². The highest BCUT2D eigenvalue weighted by Crippen LogP contribution is 2.38. The van der Waals surface area contributed by atoms with Gasteiger partial charge in [0.25, 0.3) is 5.91 Å². The van der Waals surface area contributed by atoms with Gasteiger partial charge in [0.15, 0.2) is 0 Å². The number of nitrogens with zero attached hydrogens (tertiary/aromatic N) is 4. The van der Waals surface area contributed by atoms with E-state index in [1.165, 1.54) is 15.0 Å². The number of nitrogens with one attached hydrogen (secondary N) is 2. The first kappa shape index (κ1) is 23.7. The van der Waals surface area contributed by atoms with Gasteiger partial charge < -0.3 is 15.1 Å². The zero-order chi connectivity index (χ0) is 25.4. The number of thiophene rings is 1. The second kappa shape index (κ2) is 9.23. The quantitative estimate of drug-likeness (QED) is 0.353. The van der Waals surface area contributed by atoms with Crippen LogP contribution in [0.1, 0.15) is 13.8 Å². The van der Waals surface area contributed by atoms with Crippen LogP contribution in [-0.2, 0) is 4.79 Å². The Balaban J connectivity index is 1.47. The highest BCUT2D eigenvalue weighted by molar-refractivity contribution is 7.22. The molecule has 1 aliphatic rings. The predicted molar refractivity (Wildman–Crippen MR) is 145 cm³/mol. The molecule has 4 aromatic rings. The molecule has 5 rings (SSSR count). The summed E-state index contributed by atoms with van der Waals surface area (Å²) in [6.45, 7) is 4.23. The van der Waals surface area contributed by atoms with Gasteiger partial charge in [0.1, 0.15) is 5.54 Å². The fraction of sp³-hybridized carbons (Fsp3) is 0.259. The summed E-state index contributed by atoms with van der Waals surface area (Å²) in [5, 5.41) is 6.78. The van der Waals surface area contributed by atoms with E-state index in [1.54, 1.807) is 25.2 Å². The zero-order valence-corrected chi connectivity index (χ0v) is 21.5. The Bertz CT molecular complexity index is 1430. The number of urea groups is 1. The van der Waals surface area contributed by atoms with Gasteiger partial charge in [-0.25, -0.2) is 14.8 Å². The lowest BCUT2D eigenvalue weighted by Crippen LogP contribution is -2.46. The third kappa shape index (κ3) is 4.37. The fourth-order valence-electron chi connectivity index (χ4n) is 4.27. The van der Waals surface area contributed by atoms with Gasteiger partial charge in [-0.2, -0.15) is 0 Å². The number of imide groups is 1. The molecule has 9 heteroatoms. The molecular weight excluding hydrogens is 472 g/mol. The lowest BCUT2D eigenvalue weighted by molar-refractivity contribution is -0.125. The van der Waals surface area contributed by atoms with Crippen molar-refractivity contribution in [1.29, 1.82) is 0 Å². The van der Waals surface area contributed by atoms with Crippen LogP contribution in [0.2, 0.25) is 0 Å². The van der Waals surface area contributed by atoms with E-state index in [0.717, 1.165) is 27.4 Å². The number of fused-ring (bicyclic) bond motifs is 1. The maximum Gasteiger partial charge on any atom is 0.325 e. The highest BCUT2D eigenvalue weighted by Gasteiger charge is 2.45. The van der Waals surface area contributed by atoms with Crippen molar-refractivity contribution in [2.45, 2.75) is 19.4 Å². The Kier molecular flexibility index (Phi) is 6.09. The number of aromatic nitrogens is 2. The molecule has 1 aliphatic heterocycles. The van der Waals surface area contributed by atoms with Crippen LogP contribution in [0.15, 0.2) is 60.8 Å². The van der Waals surface area contributed by atoms with E-state index in [9.17, 15) is 9.59 Å². The molecule has 1 saturated heterocycles. The minimum absolute atomic E-state index is 0.292. The van der Waals surface area contributed by atoms with Gasteiger partial charge in [0.05, 0.1) is 10.6 Å². The minimum Gasteiger partial charge on any atom is -0.378 e. The third-order valence-corrected chi connectivity index (χ3v) is 7.56. The van der Waals surface area contributed by atoms with Gasteiger partial charge in [-0.05, 0) is 49.1 Å². The van der Waals surface area contributed by atoms with Crippen molar-refractivity contribution >= 4 is 45.0 Å². The molecule has 0 atom stereocenters. The van der Waals surface area contributed by atoms with Crippen molar-refractivity contribution in [3.05, 3.63) is 60.8 Å². The van der Waals surface area contributed by atoms with Gasteiger partial charge >= 0.3 is 6.03 Å². The summed E-state index contributed by atoms with van der Waals surface area (Å²) in [4.78, 5) is 38.4. The smallest absolute Gasteiger partial charge is 0.325 e. The zero-order valence-electron chi connectivity index (χ0n) is 20.7. The summed E-state index contributed by atoms with van der Waals surface area (Å²) < 4.78 is 1.19. The van der Waals surface area contributed by atoms with Crippen LogP contribution >= 0.6 is 11.3 Å². The number of hydrogen-bond acceptors (Lipinski definition) is 7. The van der Waals surface area contributed by atoms with Crippen molar-refractivity contribution in [3.63, 3.8) is 0 Å². The molecule has 2 aromatic carbocycles. The Morgan fingerprint density at radius 3 is 2.61 bits per heavy atom. The lowest BCUT2D eigenvalue weighted by atomic mass is 10.0. The normalized spacial score (nSPS) is 14.8. The molecule has 1 fully saturated rings. The van der Waals surface area contributed by atoms with Gasteiger partial charge in [-0.1, -0.05) is 30.3 Å². The first-order valence-corrected chi connectivity index (χ1v) is 12.6. The van der Waals surface area contributed by atoms with Crippen LogP contribution in [0.25, 0.3) is 31.8 Å². The maximum absolute atomic E-state index is 12.2. The molecule has 0 unspecified atom stereocenters. The number of amides is 3. The summed E-state index contributed by atoms with van der Waals surface area (Å²) in [7, 11) is 4.04. The molecule has 36 heavy (non-hydrogen) atoms. The number of carbonyl (C=O) groups is 2. The van der Waals surface area contributed by atoms with Crippen molar-refractivity contribution < 1.29 is 9.59 Å². The number of carbonyl (C=O) groups excluding carboxylic acids is 2. The monoisotopic (exact) mass is 500 g/mol. The molecule has 2 aromatic heterocycles. The molecule has 8 nitrogen and oxygen atoms in total. The second-order valence-electron chi connectivity index (χ2n) is 9.45. The average Bonchev–Trinajstić information content (AvgIpc) is 3.38. The van der Waals surface area contributed by atoms with E-state index in [0.29, 0.717) is 19.0 Å². The van der Waals surface area contributed by atoms with Crippen LogP contribution in [0.3, 0.4) is 0 Å². The highest BCUT2D eigenvalue weighted by atomic mass is 32.1. The van der Waals surface area contributed by atoms with Gasteiger partial charge in [-0.3, -0.25) is 10.1 Å². The first-order valence-electron chi connectivity index (χ1n) is 11.7. The molecule has 0 bridgehead atoms. The minimum atomic E-state index is -0.886. The van der Waals surface area contributed by atoms with E-state index < -0.39 is 5.54 Å². The third-order valence-electron chi connectivity index (χ3n) is 6.44. The summed E-state index contributed by atoms with van der Waals surface area (Å²) in [6.07, 6.45) is 1.85. The molecule has 184 valence electrons. The van der Waals surface area contributed by atoms with Gasteiger partial charge in [0, 0.05) is 49.3 Å². The lowest BCUT2D eigenvalue weighted by Gasteiger charge is -2.27. The standard InChI is InChI=1S/C27H28N6O2S/c1-27(2)24(34)31-26(35)33(27)13-12-28-25-29-16-20(17-9-7-10-19(14-17)32(3)4)23(30-25)22-15-18-8-5-6-11-21(18)36-22/h5-11,14-16H,12-13H2,1-4H3,(H,28,29,30)(H,31,34,35). The Morgan fingerprint density at radius 2 is 1.89 bits per heavy atom. The topological polar surface area (TPSA) is 90.5 Å². The predicted octanol–water partition coefficient (Wildman–Crippen LogP) is 4.83. The van der Waals surface area contributed by atoms with Crippen molar-refractivity contribution in [3.8, 4) is 21.7 Å². The van der Waals surface area contributed by atoms with Crippen molar-refractivity contribution in [2.75, 3.05) is 37.4 Å². The summed E-state index contributed by atoms with van der Waals surface area (Å²) in [5.41, 5.74) is 3.04. The van der Waals surface area contributed by atoms with E-state index in [1.807, 2.05) is 38.5 Å². The SMILES string of the molecule is CN(C)c1cccc(-c2cnc(NCCN3C(=O)NC(=O)C3(C)C)nc2-c2cc3ccccc3s2)c1. The largest absolute Gasteiger partial charge is 0.378 e. The van der Waals surface area contributed by atoms with Crippen LogP contribution < -0.4 is 15.5 Å². The fourth-order valence-corrected chi connectivity index (χ4v) is 5.34. The molecule has 3 amide bonds. The molecule has 3 heterocycles. The van der Waals surface area contributed by atoms with E-state index in [2.05, 4.69) is 56.9 Å². The molecule has 0 saturated carbocycles. The maximum atomic E-state index is 12.2. The van der Waals surface area contributed by atoms with Crippen LogP contribution in [0.4, 0.5) is 16.4 Å². The Morgan fingerprint density at radius 1 is 1.08 bits per heavy atom. The van der Waals surface area contributed by atoms with Crippen LogP contribution in [0.5, 0.6) is 0 Å². The number of anilines is 2. The van der Waals surface area contributed by atoms with E-state index in [4.69, 9.17) is 4.98 Å². The number of rotatable bonds is 7. The van der Waals surface area contributed by atoms with Gasteiger partial charge in [-0.15, -0.1) is 11.3 Å². The molecule has 0 spiro atoms. The summed E-state index contributed by atoms with van der Waals surface area (Å²) in [6, 6.07) is 18.4. The number of benzene rings is 2. The second-order valence-corrected chi connectivity index (χ2v) is 10.5. The van der Waals surface area contributed by atoms with Crippen molar-refractivity contribution in [2.24, 2.45) is 0 Å². The molecule has 0 aliphatic carbocycles. The molecule has 2 N–H and O–H groups in total. The first-order chi connectivity index (χ1) is 17.2. The molecule has 0 radical (unpaired) electrons. The van der Waals surface area contributed by atoms with Crippen LogP contribution in [0, 0.1) is 0 Å². The summed E-state index contributed by atoms with van der Waals surface area (Å²) in [5.74, 6) is 0.179. The molecular formula is C27H28N6O2S. The van der Waals surface area contributed by atoms with E-state index >= 15 is 0 Å². The Hall–Kier alpha value is -3.98. The number of hydrogen-bond donors (Lipinski definition) is 2. The average molecular weight is 501 g/mol.